The molecule has 0 aliphatic carbocycles. The summed E-state index contributed by atoms with van der Waals surface area (Å²) in [5, 5.41) is 3.96. The maximum atomic E-state index is 12.3. The van der Waals surface area contributed by atoms with E-state index in [9.17, 15) is 14.4 Å². The number of hydrogen-bond acceptors (Lipinski definition) is 6. The van der Waals surface area contributed by atoms with Gasteiger partial charge in [0.1, 0.15) is 13.1 Å². The molecular formula is C12H17N3O5. The van der Waals surface area contributed by atoms with Crippen molar-refractivity contribution in [3.63, 3.8) is 0 Å². The molecule has 0 radical (unpaired) electrons. The summed E-state index contributed by atoms with van der Waals surface area (Å²) in [5.74, 6) is -1.72. The van der Waals surface area contributed by atoms with E-state index in [0.29, 0.717) is 11.3 Å². The van der Waals surface area contributed by atoms with Crippen LogP contribution in [0.1, 0.15) is 16.1 Å². The van der Waals surface area contributed by atoms with Crippen molar-refractivity contribution in [1.82, 2.24) is 14.7 Å². The number of carbonyl (C=O) groups is 3. The fourth-order valence-corrected chi connectivity index (χ4v) is 1.52. The molecule has 1 aromatic heterocycles. The van der Waals surface area contributed by atoms with Crippen LogP contribution in [0.3, 0.4) is 0 Å². The lowest BCUT2D eigenvalue weighted by atomic mass is 10.2. The second-order valence-corrected chi connectivity index (χ2v) is 4.08. The molecule has 0 N–H and O–H groups in total. The average Bonchev–Trinajstić information content (AvgIpc) is 2.77. The van der Waals surface area contributed by atoms with Crippen LogP contribution in [0, 0.1) is 6.92 Å². The molecule has 20 heavy (non-hydrogen) atoms. The zero-order chi connectivity index (χ0) is 15.3. The van der Waals surface area contributed by atoms with Gasteiger partial charge in [0.15, 0.2) is 0 Å². The Balaban J connectivity index is 2.97. The first-order valence-corrected chi connectivity index (χ1v) is 5.82. The third-order valence-corrected chi connectivity index (χ3v) is 2.85. The number of esters is 2. The molecule has 1 heterocycles. The summed E-state index contributed by atoms with van der Waals surface area (Å²) >= 11 is 0. The van der Waals surface area contributed by atoms with Crippen LogP contribution >= 0.6 is 0 Å². The van der Waals surface area contributed by atoms with Gasteiger partial charge < -0.3 is 14.4 Å². The molecule has 1 aromatic rings. The first-order valence-electron chi connectivity index (χ1n) is 5.82. The Morgan fingerprint density at radius 3 is 2.05 bits per heavy atom. The highest BCUT2D eigenvalue weighted by Crippen LogP contribution is 2.10. The Kier molecular flexibility index (Phi) is 5.24. The highest BCUT2D eigenvalue weighted by atomic mass is 16.5. The Hall–Kier alpha value is -2.38. The molecule has 8 nitrogen and oxygen atoms in total. The minimum atomic E-state index is -0.621. The van der Waals surface area contributed by atoms with Crippen LogP contribution < -0.4 is 0 Å². The molecule has 0 aliphatic rings. The van der Waals surface area contributed by atoms with Crippen LogP contribution in [-0.4, -0.2) is 59.8 Å². The van der Waals surface area contributed by atoms with Gasteiger partial charge in [0.25, 0.3) is 5.91 Å². The monoisotopic (exact) mass is 283 g/mol. The molecule has 0 spiro atoms. The van der Waals surface area contributed by atoms with Crippen LogP contribution in [-0.2, 0) is 26.1 Å². The van der Waals surface area contributed by atoms with Gasteiger partial charge in [0, 0.05) is 12.7 Å². The predicted molar refractivity (Wildman–Crippen MR) is 67.9 cm³/mol. The lowest BCUT2D eigenvalue weighted by Crippen LogP contribution is -2.40. The lowest BCUT2D eigenvalue weighted by molar-refractivity contribution is -0.144. The van der Waals surface area contributed by atoms with Gasteiger partial charge in [-0.3, -0.25) is 19.1 Å². The van der Waals surface area contributed by atoms with Gasteiger partial charge in [-0.2, -0.15) is 5.10 Å². The number of nitrogens with zero attached hydrogens (tertiary/aromatic N) is 3. The van der Waals surface area contributed by atoms with Gasteiger partial charge in [0.2, 0.25) is 0 Å². The summed E-state index contributed by atoms with van der Waals surface area (Å²) in [6, 6.07) is 0. The number of aromatic nitrogens is 2. The molecule has 0 aliphatic heterocycles. The van der Waals surface area contributed by atoms with Gasteiger partial charge in [-0.05, 0) is 6.92 Å². The number of ether oxygens (including phenoxy) is 2. The van der Waals surface area contributed by atoms with E-state index in [1.807, 2.05) is 0 Å². The van der Waals surface area contributed by atoms with E-state index in [-0.39, 0.29) is 13.1 Å². The summed E-state index contributed by atoms with van der Waals surface area (Å²) in [6.45, 7) is 1.05. The van der Waals surface area contributed by atoms with Gasteiger partial charge >= 0.3 is 11.9 Å². The van der Waals surface area contributed by atoms with Crippen molar-refractivity contribution in [2.45, 2.75) is 6.92 Å². The quantitative estimate of drug-likeness (QED) is 0.678. The smallest absolute Gasteiger partial charge is 0.325 e. The molecule has 0 saturated carbocycles. The molecule has 1 amide bonds. The van der Waals surface area contributed by atoms with Crippen molar-refractivity contribution in [2.75, 3.05) is 27.3 Å². The van der Waals surface area contributed by atoms with Crippen LogP contribution in [0.15, 0.2) is 6.20 Å². The lowest BCUT2D eigenvalue weighted by Gasteiger charge is -2.19. The number of methoxy groups -OCH3 is 2. The van der Waals surface area contributed by atoms with Gasteiger partial charge in [0.05, 0.1) is 26.0 Å². The number of amides is 1. The number of carbonyl (C=O) groups excluding carboxylic acids is 3. The zero-order valence-electron chi connectivity index (χ0n) is 11.9. The molecule has 0 fully saturated rings. The molecule has 0 bridgehead atoms. The molecule has 0 atom stereocenters. The first-order chi connectivity index (χ1) is 9.40. The van der Waals surface area contributed by atoms with Crippen molar-refractivity contribution in [1.29, 1.82) is 0 Å². The van der Waals surface area contributed by atoms with Gasteiger partial charge in [-0.15, -0.1) is 0 Å². The van der Waals surface area contributed by atoms with Crippen molar-refractivity contribution in [3.8, 4) is 0 Å². The number of aryl methyl sites for hydroxylation is 1. The molecule has 0 unspecified atom stereocenters. The minimum absolute atomic E-state index is 0.320. The number of rotatable bonds is 5. The summed E-state index contributed by atoms with van der Waals surface area (Å²) in [6.07, 6.45) is 1.39. The van der Waals surface area contributed by atoms with Crippen molar-refractivity contribution >= 4 is 17.8 Å². The zero-order valence-corrected chi connectivity index (χ0v) is 11.9. The van der Waals surface area contributed by atoms with Crippen molar-refractivity contribution in [3.05, 3.63) is 17.5 Å². The second-order valence-electron chi connectivity index (χ2n) is 4.08. The predicted octanol–water partition coefficient (Wildman–Crippen LogP) is -0.483. The summed E-state index contributed by atoms with van der Waals surface area (Å²) in [7, 11) is 4.11. The molecule has 0 aromatic carbocycles. The Bertz CT molecular complexity index is 505. The minimum Gasteiger partial charge on any atom is -0.468 e. The Labute approximate surface area is 116 Å². The highest BCUT2D eigenvalue weighted by molar-refractivity contribution is 5.98. The maximum Gasteiger partial charge on any atom is 0.325 e. The average molecular weight is 283 g/mol. The standard InChI is InChI=1S/C12H17N3O5/c1-8-9(5-13-14(8)2)12(18)15(6-10(16)19-3)7-11(17)20-4/h5H,6-7H2,1-4H3. The molecule has 0 saturated heterocycles. The van der Waals surface area contributed by atoms with Gasteiger partial charge in [-0.25, -0.2) is 0 Å². The van der Waals surface area contributed by atoms with Crippen molar-refractivity contribution in [2.24, 2.45) is 7.05 Å². The Morgan fingerprint density at radius 1 is 1.20 bits per heavy atom. The summed E-state index contributed by atoms with van der Waals surface area (Å²) in [5.41, 5.74) is 0.954. The third-order valence-electron chi connectivity index (χ3n) is 2.85. The summed E-state index contributed by atoms with van der Waals surface area (Å²) in [4.78, 5) is 36.1. The maximum absolute atomic E-state index is 12.3. The van der Waals surface area contributed by atoms with E-state index in [1.165, 1.54) is 25.1 Å². The fraction of sp³-hybridized carbons (Fsp3) is 0.500. The normalized spacial score (nSPS) is 10.0. The molecule has 110 valence electrons. The van der Waals surface area contributed by atoms with E-state index in [2.05, 4.69) is 14.6 Å². The molecular weight excluding hydrogens is 266 g/mol. The number of hydrogen-bond donors (Lipinski definition) is 0. The fourth-order valence-electron chi connectivity index (χ4n) is 1.52. The van der Waals surface area contributed by atoms with E-state index < -0.39 is 17.8 Å². The summed E-state index contributed by atoms with van der Waals surface area (Å²) < 4.78 is 10.6. The third kappa shape index (κ3) is 3.56. The van der Waals surface area contributed by atoms with E-state index in [1.54, 1.807) is 14.0 Å². The van der Waals surface area contributed by atoms with E-state index in [0.717, 1.165) is 4.90 Å². The van der Waals surface area contributed by atoms with E-state index in [4.69, 9.17) is 0 Å². The van der Waals surface area contributed by atoms with Crippen LogP contribution in [0.4, 0.5) is 0 Å². The van der Waals surface area contributed by atoms with Crippen LogP contribution in [0.2, 0.25) is 0 Å². The largest absolute Gasteiger partial charge is 0.468 e. The molecule has 8 heteroatoms. The van der Waals surface area contributed by atoms with E-state index >= 15 is 0 Å². The highest BCUT2D eigenvalue weighted by Gasteiger charge is 2.24. The van der Waals surface area contributed by atoms with Crippen LogP contribution in [0.25, 0.3) is 0 Å². The van der Waals surface area contributed by atoms with Crippen LogP contribution in [0.5, 0.6) is 0 Å². The first kappa shape index (κ1) is 15.7. The Morgan fingerprint density at radius 2 is 1.70 bits per heavy atom. The van der Waals surface area contributed by atoms with Crippen molar-refractivity contribution < 1.29 is 23.9 Å². The van der Waals surface area contributed by atoms with Gasteiger partial charge in [-0.1, -0.05) is 0 Å². The molecule has 1 rings (SSSR count). The second kappa shape index (κ2) is 6.69. The topological polar surface area (TPSA) is 90.7 Å². The SMILES string of the molecule is COC(=O)CN(CC(=O)OC)C(=O)c1cnn(C)c1C.